The van der Waals surface area contributed by atoms with E-state index in [0.717, 1.165) is 34.2 Å². The molecule has 1 aromatic carbocycles. The number of rotatable bonds is 3. The van der Waals surface area contributed by atoms with Crippen LogP contribution in [0.2, 0.25) is 5.02 Å². The highest BCUT2D eigenvalue weighted by Crippen LogP contribution is 2.31. The van der Waals surface area contributed by atoms with E-state index in [0.29, 0.717) is 0 Å². The molecule has 3 nitrogen and oxygen atoms in total. The van der Waals surface area contributed by atoms with Crippen molar-refractivity contribution >= 4 is 40.0 Å². The van der Waals surface area contributed by atoms with Gasteiger partial charge >= 0.3 is 0 Å². The van der Waals surface area contributed by atoms with Crippen molar-refractivity contribution in [3.05, 3.63) is 17.2 Å². The van der Waals surface area contributed by atoms with E-state index in [1.54, 1.807) is 0 Å². The largest absolute Gasteiger partial charge is 0.382 e. The Balaban J connectivity index is 1.82. The molecule has 1 saturated carbocycles. The fraction of sp³-hybridized carbons (Fsp3) is 0.500. The van der Waals surface area contributed by atoms with Gasteiger partial charge in [-0.1, -0.05) is 24.4 Å². The van der Waals surface area contributed by atoms with Crippen LogP contribution in [-0.2, 0) is 0 Å². The van der Waals surface area contributed by atoms with Gasteiger partial charge in [0.1, 0.15) is 11.0 Å². The molecule has 5 heteroatoms. The van der Waals surface area contributed by atoms with Crippen LogP contribution in [0.3, 0.4) is 0 Å². The highest BCUT2D eigenvalue weighted by atomic mass is 35.5. The van der Waals surface area contributed by atoms with Crippen molar-refractivity contribution in [3.8, 4) is 0 Å². The maximum Gasteiger partial charge on any atom is 0.129 e. The quantitative estimate of drug-likeness (QED) is 0.915. The van der Waals surface area contributed by atoms with Crippen LogP contribution in [0.1, 0.15) is 25.7 Å². The van der Waals surface area contributed by atoms with Crippen LogP contribution in [-0.4, -0.2) is 15.3 Å². The first-order chi connectivity index (χ1) is 8.34. The number of anilines is 1. The van der Waals surface area contributed by atoms with E-state index in [1.165, 1.54) is 37.4 Å². The first-order valence-corrected chi connectivity index (χ1v) is 7.10. The molecule has 1 heterocycles. The molecule has 0 saturated heterocycles. The summed E-state index contributed by atoms with van der Waals surface area (Å²) in [6, 6.07) is 3.81. The Morgan fingerprint density at radius 2 is 2.12 bits per heavy atom. The number of aromatic nitrogens is 2. The van der Waals surface area contributed by atoms with E-state index in [4.69, 9.17) is 11.6 Å². The van der Waals surface area contributed by atoms with Gasteiger partial charge in [0, 0.05) is 6.54 Å². The summed E-state index contributed by atoms with van der Waals surface area (Å²) in [7, 11) is 0. The van der Waals surface area contributed by atoms with Crippen LogP contribution in [0.25, 0.3) is 11.0 Å². The lowest BCUT2D eigenvalue weighted by molar-refractivity contribution is 0.580. The molecule has 0 spiro atoms. The second kappa shape index (κ2) is 4.78. The molecule has 0 atom stereocenters. The van der Waals surface area contributed by atoms with E-state index in [9.17, 15) is 0 Å². The van der Waals surface area contributed by atoms with E-state index in [-0.39, 0.29) is 0 Å². The third-order valence-corrected chi connectivity index (χ3v) is 4.28. The SMILES string of the molecule is Clc1ccc2nsnc2c1NCC1CCCC1. The van der Waals surface area contributed by atoms with E-state index in [1.807, 2.05) is 12.1 Å². The highest BCUT2D eigenvalue weighted by Gasteiger charge is 2.16. The van der Waals surface area contributed by atoms with Crippen LogP contribution in [0.15, 0.2) is 12.1 Å². The van der Waals surface area contributed by atoms with Gasteiger partial charge in [0.2, 0.25) is 0 Å². The fourth-order valence-electron chi connectivity index (χ4n) is 2.46. The van der Waals surface area contributed by atoms with Crippen LogP contribution >= 0.6 is 23.3 Å². The molecular formula is C12H14ClN3S. The minimum absolute atomic E-state index is 0.739. The van der Waals surface area contributed by atoms with Crippen molar-refractivity contribution in [2.45, 2.75) is 25.7 Å². The van der Waals surface area contributed by atoms with E-state index < -0.39 is 0 Å². The first kappa shape index (κ1) is 11.2. The summed E-state index contributed by atoms with van der Waals surface area (Å²) in [5.41, 5.74) is 2.78. The molecule has 0 aliphatic heterocycles. The number of nitrogens with zero attached hydrogens (tertiary/aromatic N) is 2. The summed E-state index contributed by atoms with van der Waals surface area (Å²) in [4.78, 5) is 0. The van der Waals surface area contributed by atoms with Gasteiger partial charge in [-0.25, -0.2) is 0 Å². The van der Waals surface area contributed by atoms with Gasteiger partial charge in [0.25, 0.3) is 0 Å². The Bertz CT molecular complexity index is 519. The number of benzene rings is 1. The zero-order chi connectivity index (χ0) is 11.7. The monoisotopic (exact) mass is 267 g/mol. The molecule has 1 fully saturated rings. The molecule has 90 valence electrons. The Morgan fingerprint density at radius 3 is 2.94 bits per heavy atom. The van der Waals surface area contributed by atoms with Gasteiger partial charge in [0.05, 0.1) is 22.4 Å². The van der Waals surface area contributed by atoms with Crippen LogP contribution in [0, 0.1) is 5.92 Å². The molecule has 1 aliphatic carbocycles. The van der Waals surface area contributed by atoms with Gasteiger partial charge in [-0.3, -0.25) is 0 Å². The molecule has 0 amide bonds. The summed E-state index contributed by atoms with van der Waals surface area (Å²) in [6.07, 6.45) is 5.39. The number of nitrogens with one attached hydrogen (secondary N) is 1. The van der Waals surface area contributed by atoms with Gasteiger partial charge in [-0.05, 0) is 30.9 Å². The van der Waals surface area contributed by atoms with Gasteiger partial charge < -0.3 is 5.32 Å². The number of hydrogen-bond acceptors (Lipinski definition) is 4. The maximum absolute atomic E-state index is 6.22. The number of halogens is 1. The number of fused-ring (bicyclic) bond motifs is 1. The third-order valence-electron chi connectivity index (χ3n) is 3.42. The molecule has 0 radical (unpaired) electrons. The first-order valence-electron chi connectivity index (χ1n) is 5.99. The van der Waals surface area contributed by atoms with Crippen LogP contribution in [0.4, 0.5) is 5.69 Å². The fourth-order valence-corrected chi connectivity index (χ4v) is 3.22. The average Bonchev–Trinajstić information content (AvgIpc) is 2.97. The van der Waals surface area contributed by atoms with Crippen molar-refractivity contribution in [2.75, 3.05) is 11.9 Å². The predicted octanol–water partition coefficient (Wildman–Crippen LogP) is 3.95. The van der Waals surface area contributed by atoms with Crippen LogP contribution < -0.4 is 5.32 Å². The maximum atomic E-state index is 6.22. The Morgan fingerprint density at radius 1 is 1.29 bits per heavy atom. The minimum Gasteiger partial charge on any atom is -0.382 e. The van der Waals surface area contributed by atoms with Crippen molar-refractivity contribution in [3.63, 3.8) is 0 Å². The molecule has 17 heavy (non-hydrogen) atoms. The predicted molar refractivity (Wildman–Crippen MR) is 72.9 cm³/mol. The smallest absolute Gasteiger partial charge is 0.129 e. The normalized spacial score (nSPS) is 16.8. The lowest BCUT2D eigenvalue weighted by Gasteiger charge is -2.13. The lowest BCUT2D eigenvalue weighted by Crippen LogP contribution is -2.11. The lowest BCUT2D eigenvalue weighted by atomic mass is 10.1. The van der Waals surface area contributed by atoms with E-state index >= 15 is 0 Å². The second-order valence-electron chi connectivity index (χ2n) is 4.59. The van der Waals surface area contributed by atoms with Crippen LogP contribution in [0.5, 0.6) is 0 Å². The highest BCUT2D eigenvalue weighted by molar-refractivity contribution is 7.00. The van der Waals surface area contributed by atoms with Crippen molar-refractivity contribution in [1.82, 2.24) is 8.75 Å². The summed E-state index contributed by atoms with van der Waals surface area (Å²) in [5, 5.41) is 4.20. The molecule has 1 aromatic heterocycles. The summed E-state index contributed by atoms with van der Waals surface area (Å²) in [6.45, 7) is 0.996. The number of hydrogen-bond donors (Lipinski definition) is 1. The topological polar surface area (TPSA) is 37.8 Å². The Hall–Kier alpha value is -0.870. The molecule has 0 unspecified atom stereocenters. The zero-order valence-corrected chi connectivity index (χ0v) is 11.0. The average molecular weight is 268 g/mol. The van der Waals surface area contributed by atoms with Crippen molar-refractivity contribution in [2.24, 2.45) is 5.92 Å². The molecule has 3 rings (SSSR count). The minimum atomic E-state index is 0.739. The molecule has 2 aromatic rings. The summed E-state index contributed by atoms with van der Waals surface area (Å²) < 4.78 is 8.54. The Kier molecular flexibility index (Phi) is 3.16. The van der Waals surface area contributed by atoms with E-state index in [2.05, 4.69) is 14.1 Å². The molecule has 1 aliphatic rings. The van der Waals surface area contributed by atoms with Gasteiger partial charge in [-0.15, -0.1) is 0 Å². The molecule has 0 bridgehead atoms. The molecular weight excluding hydrogens is 254 g/mol. The molecule has 1 N–H and O–H groups in total. The Labute approximate surface area is 110 Å². The van der Waals surface area contributed by atoms with Crippen molar-refractivity contribution < 1.29 is 0 Å². The summed E-state index contributed by atoms with van der Waals surface area (Å²) >= 11 is 7.46. The van der Waals surface area contributed by atoms with Crippen molar-refractivity contribution in [1.29, 1.82) is 0 Å². The third kappa shape index (κ3) is 2.24. The second-order valence-corrected chi connectivity index (χ2v) is 5.52. The van der Waals surface area contributed by atoms with Gasteiger partial charge in [-0.2, -0.15) is 8.75 Å². The zero-order valence-electron chi connectivity index (χ0n) is 9.45. The standard InChI is InChI=1S/C12H14ClN3S/c13-9-5-6-10-12(16-17-15-10)11(9)14-7-8-3-1-2-4-8/h5-6,8,14H,1-4,7H2. The van der Waals surface area contributed by atoms with Gasteiger partial charge in [0.15, 0.2) is 0 Å². The summed E-state index contributed by atoms with van der Waals surface area (Å²) in [5.74, 6) is 0.785.